The Labute approximate surface area is 353 Å². The molecule has 5 aromatic rings. The van der Waals surface area contributed by atoms with E-state index in [4.69, 9.17) is 11.6 Å². The molecule has 0 fully saturated rings. The maximum Gasteiger partial charge on any atom is 0.0647 e. The maximum atomic E-state index is 7.34. The van der Waals surface area contributed by atoms with Crippen LogP contribution in [0.25, 0.3) is 10.1 Å². The highest BCUT2D eigenvalue weighted by Crippen LogP contribution is 2.52. The van der Waals surface area contributed by atoms with Gasteiger partial charge in [-0.3, -0.25) is 0 Å². The molecule has 300 valence electrons. The lowest BCUT2D eigenvalue weighted by atomic mass is 9.63. The second-order valence-electron chi connectivity index (χ2n) is 21.4. The van der Waals surface area contributed by atoms with Crippen LogP contribution in [-0.2, 0) is 21.7 Å². The van der Waals surface area contributed by atoms with Crippen molar-refractivity contribution in [2.75, 3.05) is 9.80 Å². The Morgan fingerprint density at radius 2 is 1.25 bits per heavy atom. The molecule has 1 aromatic heterocycles. The topological polar surface area (TPSA) is 6.48 Å². The molecular formula is C53H65ClN2S. The van der Waals surface area contributed by atoms with Crippen LogP contribution in [0.15, 0.2) is 108 Å². The minimum Gasteiger partial charge on any atom is -0.314 e. The molecule has 2 atom stereocenters. The molecule has 0 saturated heterocycles. The molecule has 0 bridgehead atoms. The van der Waals surface area contributed by atoms with E-state index in [1.165, 1.54) is 56.6 Å². The molecule has 2 aliphatic rings. The van der Waals surface area contributed by atoms with Gasteiger partial charge in [-0.2, -0.15) is 0 Å². The van der Waals surface area contributed by atoms with Gasteiger partial charge >= 0.3 is 0 Å². The van der Waals surface area contributed by atoms with Crippen molar-refractivity contribution in [1.82, 2.24) is 0 Å². The van der Waals surface area contributed by atoms with Crippen LogP contribution in [-0.4, -0.2) is 0 Å². The minimum absolute atomic E-state index is 0.000573. The number of fused-ring (bicyclic) bond motifs is 2. The van der Waals surface area contributed by atoms with Gasteiger partial charge in [0.05, 0.1) is 5.69 Å². The second-order valence-corrected chi connectivity index (χ2v) is 22.7. The molecule has 57 heavy (non-hydrogen) atoms. The van der Waals surface area contributed by atoms with Gasteiger partial charge in [0.25, 0.3) is 0 Å². The summed E-state index contributed by atoms with van der Waals surface area (Å²) in [5, 5.41) is 4.37. The Morgan fingerprint density at radius 1 is 0.649 bits per heavy atom. The van der Waals surface area contributed by atoms with Gasteiger partial charge in [0.1, 0.15) is 0 Å². The first-order chi connectivity index (χ1) is 26.5. The standard InChI is InChI=1S/C53H65ClN2S/c1-34-43(51(8,9)10)19-16-20-46(34)56(39-18-15-17-36(27-39)50(5,6)7)41-29-37(54)28-40(30-41)55(38-23-21-35(22-24-38)49(2,3)4)47-33-57-48-32-45-44(31-42(47)48)52(11,12)25-26-53(45,13)14/h15-24,27-34,43H,25-26H2,1-14H3. The molecular weight excluding hydrogens is 732 g/mol. The summed E-state index contributed by atoms with van der Waals surface area (Å²) in [7, 11) is 0. The third-order valence-corrected chi connectivity index (χ3v) is 14.1. The molecule has 2 aliphatic carbocycles. The third-order valence-electron chi connectivity index (χ3n) is 13.0. The van der Waals surface area contributed by atoms with E-state index in [9.17, 15) is 0 Å². The number of hydrogen-bond donors (Lipinski definition) is 0. The van der Waals surface area contributed by atoms with Gasteiger partial charge in [-0.05, 0) is 129 Å². The predicted octanol–water partition coefficient (Wildman–Crippen LogP) is 16.9. The summed E-state index contributed by atoms with van der Waals surface area (Å²) in [4.78, 5) is 4.93. The van der Waals surface area contributed by atoms with Crippen LogP contribution in [0.4, 0.5) is 28.4 Å². The zero-order valence-electron chi connectivity index (χ0n) is 37.1. The van der Waals surface area contributed by atoms with Gasteiger partial charge in [0, 0.05) is 54.9 Å². The molecule has 0 amide bonds. The van der Waals surface area contributed by atoms with Crippen molar-refractivity contribution in [2.45, 2.75) is 131 Å². The number of nitrogens with zero attached hydrogens (tertiary/aromatic N) is 2. The molecule has 0 spiro atoms. The summed E-state index contributed by atoms with van der Waals surface area (Å²) >= 11 is 9.19. The van der Waals surface area contributed by atoms with E-state index in [1.807, 2.05) is 11.3 Å². The van der Waals surface area contributed by atoms with Gasteiger partial charge in [0.2, 0.25) is 0 Å². The van der Waals surface area contributed by atoms with E-state index in [0.29, 0.717) is 10.9 Å². The van der Waals surface area contributed by atoms with E-state index >= 15 is 0 Å². The second kappa shape index (κ2) is 14.5. The predicted molar refractivity (Wildman–Crippen MR) is 252 cm³/mol. The van der Waals surface area contributed by atoms with Gasteiger partial charge in [0.15, 0.2) is 0 Å². The minimum atomic E-state index is 0.000573. The molecule has 2 unspecified atom stereocenters. The lowest BCUT2D eigenvalue weighted by molar-refractivity contribution is 0.236. The highest BCUT2D eigenvalue weighted by molar-refractivity contribution is 7.17. The SMILES string of the molecule is CC1C(N(c2cc(Cl)cc(N(c3ccc(C(C)(C)C)cc3)c3csc4cc5c(cc34)C(C)(C)CCC5(C)C)c2)c2cccc(C(C)(C)C)c2)=CC=CC1C(C)(C)C. The maximum absolute atomic E-state index is 7.34. The van der Waals surface area contributed by atoms with Crippen molar-refractivity contribution < 1.29 is 0 Å². The Balaban J connectivity index is 1.47. The molecule has 4 heteroatoms. The number of thiophene rings is 1. The molecule has 7 rings (SSSR count). The zero-order chi connectivity index (χ0) is 41.5. The van der Waals surface area contributed by atoms with Gasteiger partial charge in [-0.1, -0.05) is 145 Å². The van der Waals surface area contributed by atoms with Crippen molar-refractivity contribution in [2.24, 2.45) is 17.3 Å². The first-order valence-corrected chi connectivity index (χ1v) is 22.3. The monoisotopic (exact) mass is 796 g/mol. The lowest BCUT2D eigenvalue weighted by Crippen LogP contribution is -2.33. The summed E-state index contributed by atoms with van der Waals surface area (Å²) in [6.07, 6.45) is 9.36. The van der Waals surface area contributed by atoms with Crippen molar-refractivity contribution in [3.05, 3.63) is 135 Å². The molecule has 0 aliphatic heterocycles. The molecule has 0 N–H and O–H groups in total. The van der Waals surface area contributed by atoms with Gasteiger partial charge in [-0.15, -0.1) is 11.3 Å². The van der Waals surface area contributed by atoms with Crippen LogP contribution >= 0.6 is 22.9 Å². The molecule has 1 heterocycles. The van der Waals surface area contributed by atoms with Crippen molar-refractivity contribution in [1.29, 1.82) is 0 Å². The quantitative estimate of drug-likeness (QED) is 0.169. The number of rotatable bonds is 6. The van der Waals surface area contributed by atoms with E-state index in [-0.39, 0.29) is 33.0 Å². The van der Waals surface area contributed by atoms with Crippen LogP contribution in [0.2, 0.25) is 5.02 Å². The van der Waals surface area contributed by atoms with E-state index < -0.39 is 0 Å². The first kappa shape index (κ1) is 41.4. The normalized spacial score (nSPS) is 19.3. The zero-order valence-corrected chi connectivity index (χ0v) is 38.6. The summed E-state index contributed by atoms with van der Waals surface area (Å²) in [6.45, 7) is 32.9. The van der Waals surface area contributed by atoms with Crippen LogP contribution < -0.4 is 9.80 Å². The van der Waals surface area contributed by atoms with Gasteiger partial charge in [-0.25, -0.2) is 0 Å². The van der Waals surface area contributed by atoms with Crippen LogP contribution in [0.1, 0.15) is 132 Å². The average molecular weight is 798 g/mol. The molecule has 4 aromatic carbocycles. The number of halogens is 1. The number of benzene rings is 4. The average Bonchev–Trinajstić information content (AvgIpc) is 3.52. The van der Waals surface area contributed by atoms with E-state index in [2.05, 4.69) is 209 Å². The Morgan fingerprint density at radius 3 is 1.84 bits per heavy atom. The molecule has 0 saturated carbocycles. The highest BCUT2D eigenvalue weighted by Gasteiger charge is 2.38. The smallest absolute Gasteiger partial charge is 0.0647 e. The number of allylic oxidation sites excluding steroid dienone is 4. The summed E-state index contributed by atoms with van der Waals surface area (Å²) in [5.74, 6) is 0.649. The van der Waals surface area contributed by atoms with Crippen molar-refractivity contribution in [3.63, 3.8) is 0 Å². The van der Waals surface area contributed by atoms with E-state index in [1.54, 1.807) is 0 Å². The summed E-state index contributed by atoms with van der Waals surface area (Å²) in [6, 6.07) is 30.0. The van der Waals surface area contributed by atoms with Crippen molar-refractivity contribution >= 4 is 61.5 Å². The number of anilines is 5. The summed E-state index contributed by atoms with van der Waals surface area (Å²) in [5.41, 5.74) is 12.8. The molecule has 2 nitrogen and oxygen atoms in total. The summed E-state index contributed by atoms with van der Waals surface area (Å²) < 4.78 is 1.33. The Kier molecular flexibility index (Phi) is 10.5. The fourth-order valence-electron chi connectivity index (χ4n) is 9.25. The first-order valence-electron chi connectivity index (χ1n) is 21.0. The number of hydrogen-bond acceptors (Lipinski definition) is 3. The van der Waals surface area contributed by atoms with Crippen molar-refractivity contribution in [3.8, 4) is 0 Å². The Bertz CT molecular complexity index is 2350. The van der Waals surface area contributed by atoms with Crippen LogP contribution in [0, 0.1) is 17.3 Å². The largest absolute Gasteiger partial charge is 0.314 e. The van der Waals surface area contributed by atoms with Crippen LogP contribution in [0.5, 0.6) is 0 Å². The van der Waals surface area contributed by atoms with Gasteiger partial charge < -0.3 is 9.80 Å². The highest BCUT2D eigenvalue weighted by atomic mass is 35.5. The third kappa shape index (κ3) is 8.01. The fraction of sp³-hybridized carbons (Fsp3) is 0.434. The Hall–Kier alpha value is -3.79. The lowest BCUT2D eigenvalue weighted by Gasteiger charge is -2.42. The van der Waals surface area contributed by atoms with E-state index in [0.717, 1.165) is 22.7 Å². The fourth-order valence-corrected chi connectivity index (χ4v) is 10.4. The molecule has 0 radical (unpaired) electrons. The van der Waals surface area contributed by atoms with Crippen LogP contribution in [0.3, 0.4) is 0 Å².